The molecular formula is C23H21F3N4. The summed E-state index contributed by atoms with van der Waals surface area (Å²) in [4.78, 5) is 12.1. The van der Waals surface area contributed by atoms with Crippen LogP contribution in [-0.2, 0) is 19.0 Å². The number of hydrogen-bond acceptors (Lipinski definition) is 3. The number of rotatable bonds is 6. The monoisotopic (exact) mass is 410 g/mol. The van der Waals surface area contributed by atoms with Gasteiger partial charge >= 0.3 is 6.18 Å². The molecule has 4 nitrogen and oxygen atoms in total. The van der Waals surface area contributed by atoms with Crippen LogP contribution in [0.5, 0.6) is 0 Å². The lowest BCUT2D eigenvalue weighted by Crippen LogP contribution is -2.08. The van der Waals surface area contributed by atoms with Gasteiger partial charge in [-0.05, 0) is 60.4 Å². The predicted molar refractivity (Wildman–Crippen MR) is 112 cm³/mol. The number of benzene rings is 1. The van der Waals surface area contributed by atoms with Gasteiger partial charge in [-0.3, -0.25) is 0 Å². The molecule has 2 N–H and O–H groups in total. The molecule has 0 atom stereocenters. The van der Waals surface area contributed by atoms with Crippen molar-refractivity contribution in [2.75, 3.05) is 11.9 Å². The molecule has 0 spiro atoms. The van der Waals surface area contributed by atoms with Crippen LogP contribution in [0.1, 0.15) is 27.9 Å². The molecule has 0 bridgehead atoms. The average Bonchev–Trinajstić information content (AvgIpc) is 3.13. The minimum absolute atomic E-state index is 0.589. The van der Waals surface area contributed by atoms with Crippen molar-refractivity contribution in [3.05, 3.63) is 88.9 Å². The Hall–Kier alpha value is -3.35. The molecule has 0 aliphatic heterocycles. The van der Waals surface area contributed by atoms with Crippen molar-refractivity contribution in [1.82, 2.24) is 15.0 Å². The summed E-state index contributed by atoms with van der Waals surface area (Å²) >= 11 is 0. The zero-order chi connectivity index (χ0) is 21.1. The predicted octanol–water partition coefficient (Wildman–Crippen LogP) is 5.53. The molecule has 7 heteroatoms. The maximum atomic E-state index is 12.6. The largest absolute Gasteiger partial charge is 0.416 e. The molecule has 4 rings (SSSR count). The van der Waals surface area contributed by atoms with Crippen molar-refractivity contribution < 1.29 is 13.2 Å². The van der Waals surface area contributed by atoms with Crippen LogP contribution in [0.4, 0.5) is 19.0 Å². The Bertz CT molecular complexity index is 1150. The van der Waals surface area contributed by atoms with E-state index in [4.69, 9.17) is 0 Å². The van der Waals surface area contributed by atoms with Crippen LogP contribution in [-0.4, -0.2) is 21.5 Å². The van der Waals surface area contributed by atoms with Crippen LogP contribution in [0.25, 0.3) is 11.0 Å². The number of alkyl halides is 3. The minimum atomic E-state index is -4.30. The van der Waals surface area contributed by atoms with Gasteiger partial charge in [0, 0.05) is 36.4 Å². The van der Waals surface area contributed by atoms with Gasteiger partial charge < -0.3 is 10.3 Å². The molecule has 3 heterocycles. The van der Waals surface area contributed by atoms with Gasteiger partial charge in [-0.1, -0.05) is 18.2 Å². The van der Waals surface area contributed by atoms with Gasteiger partial charge in [0.05, 0.1) is 5.56 Å². The number of nitrogens with zero attached hydrogens (tertiary/aromatic N) is 2. The summed E-state index contributed by atoms with van der Waals surface area (Å²) in [5.41, 5.74) is 4.33. The fraction of sp³-hybridized carbons (Fsp3) is 0.217. The molecule has 1 aromatic carbocycles. The number of halogens is 3. The first-order valence-electron chi connectivity index (χ1n) is 9.67. The third kappa shape index (κ3) is 4.45. The van der Waals surface area contributed by atoms with Gasteiger partial charge in [0.2, 0.25) is 0 Å². The number of aromatic nitrogens is 3. The van der Waals surface area contributed by atoms with Crippen LogP contribution < -0.4 is 5.32 Å². The van der Waals surface area contributed by atoms with Gasteiger partial charge in [-0.2, -0.15) is 13.2 Å². The number of hydrogen-bond donors (Lipinski definition) is 2. The van der Waals surface area contributed by atoms with Crippen LogP contribution in [0.3, 0.4) is 0 Å². The highest BCUT2D eigenvalue weighted by Crippen LogP contribution is 2.29. The number of fused-ring (bicyclic) bond motifs is 1. The van der Waals surface area contributed by atoms with E-state index in [2.05, 4.69) is 26.3 Å². The Morgan fingerprint density at radius 3 is 2.53 bits per heavy atom. The molecule has 30 heavy (non-hydrogen) atoms. The summed E-state index contributed by atoms with van der Waals surface area (Å²) in [6.07, 6.45) is 0.816. The topological polar surface area (TPSA) is 53.6 Å². The summed E-state index contributed by atoms with van der Waals surface area (Å²) in [5.74, 6) is 0.753. The number of anilines is 1. The van der Waals surface area contributed by atoms with E-state index in [1.165, 1.54) is 17.7 Å². The molecule has 0 radical (unpaired) electrons. The Kier molecular flexibility index (Phi) is 5.44. The molecule has 4 aromatic rings. The molecule has 0 fully saturated rings. The maximum Gasteiger partial charge on any atom is 0.416 e. The molecule has 0 amide bonds. The lowest BCUT2D eigenvalue weighted by atomic mass is 10.0. The lowest BCUT2D eigenvalue weighted by Gasteiger charge is -2.10. The van der Waals surface area contributed by atoms with Crippen molar-refractivity contribution >= 4 is 16.9 Å². The number of nitrogens with one attached hydrogen (secondary N) is 2. The van der Waals surface area contributed by atoms with Gasteiger partial charge in [-0.25, -0.2) is 9.97 Å². The molecule has 0 unspecified atom stereocenters. The Morgan fingerprint density at radius 1 is 1.00 bits per heavy atom. The SMILES string of the molecule is Cc1nc(NCCc2ccc(C(F)(F)F)cc2)ccc1Cc1c[nH]c2ncccc12. The van der Waals surface area contributed by atoms with Crippen molar-refractivity contribution in [2.24, 2.45) is 0 Å². The Labute approximate surface area is 172 Å². The average molecular weight is 410 g/mol. The second kappa shape index (κ2) is 8.18. The van der Waals surface area contributed by atoms with E-state index in [0.717, 1.165) is 52.2 Å². The van der Waals surface area contributed by atoms with E-state index >= 15 is 0 Å². The Balaban J connectivity index is 1.36. The van der Waals surface area contributed by atoms with Crippen LogP contribution in [0.2, 0.25) is 0 Å². The van der Waals surface area contributed by atoms with Crippen molar-refractivity contribution in [2.45, 2.75) is 25.9 Å². The molecule has 0 aliphatic carbocycles. The minimum Gasteiger partial charge on any atom is -0.370 e. The quantitative estimate of drug-likeness (QED) is 0.439. The van der Waals surface area contributed by atoms with Gasteiger partial charge in [-0.15, -0.1) is 0 Å². The van der Waals surface area contributed by atoms with E-state index in [0.29, 0.717) is 13.0 Å². The normalized spacial score (nSPS) is 11.7. The first-order chi connectivity index (χ1) is 14.4. The smallest absolute Gasteiger partial charge is 0.370 e. The first kappa shape index (κ1) is 19.9. The number of pyridine rings is 2. The highest BCUT2D eigenvalue weighted by molar-refractivity contribution is 5.79. The van der Waals surface area contributed by atoms with E-state index in [9.17, 15) is 13.2 Å². The number of H-pyrrole nitrogens is 1. The van der Waals surface area contributed by atoms with Crippen molar-refractivity contribution in [3.8, 4) is 0 Å². The summed E-state index contributed by atoms with van der Waals surface area (Å²) in [7, 11) is 0. The van der Waals surface area contributed by atoms with E-state index < -0.39 is 11.7 Å². The third-order valence-corrected chi connectivity index (χ3v) is 5.11. The van der Waals surface area contributed by atoms with Crippen molar-refractivity contribution in [3.63, 3.8) is 0 Å². The molecular weight excluding hydrogens is 389 g/mol. The third-order valence-electron chi connectivity index (χ3n) is 5.11. The van der Waals surface area contributed by atoms with E-state index in [1.807, 2.05) is 31.3 Å². The summed E-state index contributed by atoms with van der Waals surface area (Å²) in [6, 6.07) is 13.2. The summed E-state index contributed by atoms with van der Waals surface area (Å²) in [6.45, 7) is 2.56. The molecule has 0 saturated carbocycles. The first-order valence-corrected chi connectivity index (χ1v) is 9.67. The zero-order valence-corrected chi connectivity index (χ0v) is 16.4. The second-order valence-electron chi connectivity index (χ2n) is 7.20. The second-order valence-corrected chi connectivity index (χ2v) is 7.20. The highest BCUT2D eigenvalue weighted by atomic mass is 19.4. The van der Waals surface area contributed by atoms with Gasteiger partial charge in [0.1, 0.15) is 11.5 Å². The maximum absolute atomic E-state index is 12.6. The fourth-order valence-corrected chi connectivity index (χ4v) is 3.43. The fourth-order valence-electron chi connectivity index (χ4n) is 3.43. The number of aromatic amines is 1. The Morgan fingerprint density at radius 2 is 1.80 bits per heavy atom. The molecule has 154 valence electrons. The zero-order valence-electron chi connectivity index (χ0n) is 16.4. The summed E-state index contributed by atoms with van der Waals surface area (Å²) < 4.78 is 37.9. The van der Waals surface area contributed by atoms with Crippen LogP contribution in [0, 0.1) is 6.92 Å². The van der Waals surface area contributed by atoms with E-state index in [1.54, 1.807) is 6.20 Å². The van der Waals surface area contributed by atoms with Crippen molar-refractivity contribution in [1.29, 1.82) is 0 Å². The lowest BCUT2D eigenvalue weighted by molar-refractivity contribution is -0.137. The standard InChI is InChI=1S/C23H21F3N4/c1-15-17(13-18-14-29-22-20(18)3-2-11-28-22)6-9-21(30-15)27-12-10-16-4-7-19(8-5-16)23(24,25)26/h2-9,11,14H,10,12-13H2,1H3,(H,27,30)(H,28,29). The molecule has 0 saturated heterocycles. The van der Waals surface area contributed by atoms with Gasteiger partial charge in [0.25, 0.3) is 0 Å². The van der Waals surface area contributed by atoms with Crippen LogP contribution >= 0.6 is 0 Å². The molecule has 0 aliphatic rings. The number of aryl methyl sites for hydroxylation is 1. The highest BCUT2D eigenvalue weighted by Gasteiger charge is 2.29. The van der Waals surface area contributed by atoms with E-state index in [-0.39, 0.29) is 0 Å². The van der Waals surface area contributed by atoms with Crippen LogP contribution in [0.15, 0.2) is 60.9 Å². The summed E-state index contributed by atoms with van der Waals surface area (Å²) in [5, 5.41) is 4.35. The van der Waals surface area contributed by atoms with Gasteiger partial charge in [0.15, 0.2) is 0 Å². The molecule has 3 aromatic heterocycles.